The molecular formula is C16H17F3N2O4. The summed E-state index contributed by atoms with van der Waals surface area (Å²) in [7, 11) is 0. The summed E-state index contributed by atoms with van der Waals surface area (Å²) in [6.45, 7) is -0.228. The predicted octanol–water partition coefficient (Wildman–Crippen LogP) is 2.99. The van der Waals surface area contributed by atoms with Gasteiger partial charge in [0.2, 0.25) is 5.91 Å². The summed E-state index contributed by atoms with van der Waals surface area (Å²) in [4.78, 5) is 36.8. The standard InChI is InChI=1S/C16H17F3N2O4/c1-10(22)11-5-2-3-6-12(11)20-14(23)13-7-4-8-21(13)15(24)25-9-16(17,18)19/h2-3,5-6,13H,4,7-9H2,1H3,(H,20,23). The minimum atomic E-state index is -4.63. The van der Waals surface area contributed by atoms with E-state index in [2.05, 4.69) is 10.1 Å². The monoisotopic (exact) mass is 358 g/mol. The first-order valence-corrected chi connectivity index (χ1v) is 7.60. The molecule has 1 fully saturated rings. The summed E-state index contributed by atoms with van der Waals surface area (Å²) in [5, 5.41) is 2.56. The predicted molar refractivity (Wildman–Crippen MR) is 82.2 cm³/mol. The van der Waals surface area contributed by atoms with Crippen LogP contribution in [0.3, 0.4) is 0 Å². The Labute approximate surface area is 141 Å². The highest BCUT2D eigenvalue weighted by molar-refractivity contribution is 6.05. The lowest BCUT2D eigenvalue weighted by Crippen LogP contribution is -2.44. The number of hydrogen-bond acceptors (Lipinski definition) is 4. The fourth-order valence-electron chi connectivity index (χ4n) is 2.60. The molecule has 0 aromatic heterocycles. The normalized spacial score (nSPS) is 17.3. The van der Waals surface area contributed by atoms with Gasteiger partial charge < -0.3 is 10.1 Å². The van der Waals surface area contributed by atoms with Gasteiger partial charge in [-0.3, -0.25) is 14.5 Å². The van der Waals surface area contributed by atoms with Crippen molar-refractivity contribution in [3.05, 3.63) is 29.8 Å². The highest BCUT2D eigenvalue weighted by Gasteiger charge is 2.37. The van der Waals surface area contributed by atoms with E-state index in [-0.39, 0.29) is 18.0 Å². The zero-order valence-corrected chi connectivity index (χ0v) is 13.4. The second kappa shape index (κ2) is 7.54. The van der Waals surface area contributed by atoms with E-state index in [1.165, 1.54) is 13.0 Å². The van der Waals surface area contributed by atoms with Crippen LogP contribution in [0.2, 0.25) is 0 Å². The summed E-state index contributed by atoms with van der Waals surface area (Å²) >= 11 is 0. The molecule has 1 unspecified atom stereocenters. The van der Waals surface area contributed by atoms with Gasteiger partial charge in [-0.05, 0) is 31.9 Å². The van der Waals surface area contributed by atoms with E-state index in [1.807, 2.05) is 0 Å². The fraction of sp³-hybridized carbons (Fsp3) is 0.438. The second-order valence-corrected chi connectivity index (χ2v) is 5.61. The number of benzene rings is 1. The van der Waals surface area contributed by atoms with Crippen molar-refractivity contribution >= 4 is 23.5 Å². The fourth-order valence-corrected chi connectivity index (χ4v) is 2.60. The van der Waals surface area contributed by atoms with Crippen LogP contribution in [-0.2, 0) is 9.53 Å². The van der Waals surface area contributed by atoms with Gasteiger partial charge in [-0.25, -0.2) is 4.79 Å². The third-order valence-corrected chi connectivity index (χ3v) is 3.71. The molecule has 0 spiro atoms. The molecule has 1 aliphatic heterocycles. The number of halogens is 3. The molecule has 1 atom stereocenters. The number of Topliss-reactive ketones (excluding diaryl/α,β-unsaturated/α-hetero) is 1. The maximum atomic E-state index is 12.4. The molecule has 0 bridgehead atoms. The van der Waals surface area contributed by atoms with Gasteiger partial charge >= 0.3 is 12.3 Å². The Morgan fingerprint density at radius 3 is 2.60 bits per heavy atom. The lowest BCUT2D eigenvalue weighted by atomic mass is 10.1. The maximum Gasteiger partial charge on any atom is 0.422 e. The first-order valence-electron chi connectivity index (χ1n) is 7.60. The van der Waals surface area contributed by atoms with Crippen molar-refractivity contribution in [1.82, 2.24) is 4.90 Å². The number of carbonyl (C=O) groups excluding carboxylic acids is 3. The van der Waals surface area contributed by atoms with Crippen molar-refractivity contribution in [3.8, 4) is 0 Å². The van der Waals surface area contributed by atoms with Gasteiger partial charge in [-0.1, -0.05) is 12.1 Å². The maximum absolute atomic E-state index is 12.4. The largest absolute Gasteiger partial charge is 0.440 e. The molecule has 2 rings (SSSR count). The Morgan fingerprint density at radius 1 is 1.28 bits per heavy atom. The lowest BCUT2D eigenvalue weighted by Gasteiger charge is -2.24. The average molecular weight is 358 g/mol. The van der Waals surface area contributed by atoms with Crippen LogP contribution in [0, 0.1) is 0 Å². The molecule has 136 valence electrons. The van der Waals surface area contributed by atoms with Crippen molar-refractivity contribution in [2.75, 3.05) is 18.5 Å². The number of rotatable bonds is 4. The Balaban J connectivity index is 2.06. The van der Waals surface area contributed by atoms with Crippen LogP contribution in [0.1, 0.15) is 30.1 Å². The molecule has 1 aromatic rings. The van der Waals surface area contributed by atoms with E-state index >= 15 is 0 Å². The van der Waals surface area contributed by atoms with E-state index < -0.39 is 30.8 Å². The number of alkyl halides is 3. The van der Waals surface area contributed by atoms with Crippen molar-refractivity contribution < 1.29 is 32.3 Å². The SMILES string of the molecule is CC(=O)c1ccccc1NC(=O)C1CCCN1C(=O)OCC(F)(F)F. The summed E-state index contributed by atoms with van der Waals surface area (Å²) in [6.07, 6.45) is -5.05. The van der Waals surface area contributed by atoms with Gasteiger partial charge in [0.25, 0.3) is 0 Å². The number of hydrogen-bond donors (Lipinski definition) is 1. The third kappa shape index (κ3) is 4.94. The van der Waals surface area contributed by atoms with Crippen molar-refractivity contribution in [3.63, 3.8) is 0 Å². The number of carbonyl (C=O) groups is 3. The first-order chi connectivity index (χ1) is 11.7. The van der Waals surface area contributed by atoms with Crippen molar-refractivity contribution in [1.29, 1.82) is 0 Å². The minimum absolute atomic E-state index is 0.128. The minimum Gasteiger partial charge on any atom is -0.440 e. The summed E-state index contributed by atoms with van der Waals surface area (Å²) in [5.41, 5.74) is 0.593. The Hall–Kier alpha value is -2.58. The highest BCUT2D eigenvalue weighted by atomic mass is 19.4. The quantitative estimate of drug-likeness (QED) is 0.840. The van der Waals surface area contributed by atoms with Gasteiger partial charge in [0.05, 0.1) is 5.69 Å². The topological polar surface area (TPSA) is 75.7 Å². The van der Waals surface area contributed by atoms with E-state index in [9.17, 15) is 27.6 Å². The summed E-state index contributed by atoms with van der Waals surface area (Å²) < 4.78 is 40.7. The second-order valence-electron chi connectivity index (χ2n) is 5.61. The molecule has 0 radical (unpaired) electrons. The Bertz CT molecular complexity index is 676. The van der Waals surface area contributed by atoms with Gasteiger partial charge in [-0.15, -0.1) is 0 Å². The molecule has 9 heteroatoms. The van der Waals surface area contributed by atoms with E-state index in [4.69, 9.17) is 0 Å². The molecule has 25 heavy (non-hydrogen) atoms. The first kappa shape index (κ1) is 18.8. The summed E-state index contributed by atoms with van der Waals surface area (Å²) in [5.74, 6) is -0.820. The molecule has 1 aromatic carbocycles. The van der Waals surface area contributed by atoms with Crippen LogP contribution in [0.15, 0.2) is 24.3 Å². The molecule has 0 saturated carbocycles. The van der Waals surface area contributed by atoms with Crippen LogP contribution in [0.5, 0.6) is 0 Å². The van der Waals surface area contributed by atoms with E-state index in [0.29, 0.717) is 18.4 Å². The Morgan fingerprint density at radius 2 is 1.96 bits per heavy atom. The molecule has 0 aliphatic carbocycles. The lowest BCUT2D eigenvalue weighted by molar-refractivity contribution is -0.162. The van der Waals surface area contributed by atoms with Gasteiger partial charge in [0, 0.05) is 12.1 Å². The third-order valence-electron chi connectivity index (χ3n) is 3.71. The molecule has 1 heterocycles. The number of anilines is 1. The van der Waals surface area contributed by atoms with Crippen LogP contribution in [0.25, 0.3) is 0 Å². The van der Waals surface area contributed by atoms with Gasteiger partial charge in [0.15, 0.2) is 12.4 Å². The number of nitrogens with one attached hydrogen (secondary N) is 1. The van der Waals surface area contributed by atoms with Gasteiger partial charge in [-0.2, -0.15) is 13.2 Å². The van der Waals surface area contributed by atoms with Crippen molar-refractivity contribution in [2.24, 2.45) is 0 Å². The van der Waals surface area contributed by atoms with Crippen LogP contribution in [0.4, 0.5) is 23.7 Å². The summed E-state index contributed by atoms with van der Waals surface area (Å²) in [6, 6.07) is 5.41. The number of amides is 2. The van der Waals surface area contributed by atoms with Crippen LogP contribution in [-0.4, -0.2) is 48.1 Å². The zero-order chi connectivity index (χ0) is 18.6. The molecule has 2 amide bonds. The Kier molecular flexibility index (Phi) is 5.66. The molecule has 6 nitrogen and oxygen atoms in total. The number of likely N-dealkylation sites (tertiary alicyclic amines) is 1. The smallest absolute Gasteiger partial charge is 0.422 e. The number of nitrogens with zero attached hydrogens (tertiary/aromatic N) is 1. The van der Waals surface area contributed by atoms with Gasteiger partial charge in [0.1, 0.15) is 6.04 Å². The van der Waals surface area contributed by atoms with E-state index in [1.54, 1.807) is 18.2 Å². The van der Waals surface area contributed by atoms with Crippen LogP contribution < -0.4 is 5.32 Å². The van der Waals surface area contributed by atoms with Crippen LogP contribution >= 0.6 is 0 Å². The zero-order valence-electron chi connectivity index (χ0n) is 13.4. The molecular weight excluding hydrogens is 341 g/mol. The average Bonchev–Trinajstić information content (AvgIpc) is 3.02. The van der Waals surface area contributed by atoms with E-state index in [0.717, 1.165) is 4.90 Å². The number of para-hydroxylation sites is 1. The number of ketones is 1. The highest BCUT2D eigenvalue weighted by Crippen LogP contribution is 2.23. The van der Waals surface area contributed by atoms with Crippen molar-refractivity contribution in [2.45, 2.75) is 32.0 Å². The molecule has 1 N–H and O–H groups in total. The number of ether oxygens (including phenoxy) is 1. The molecule has 1 aliphatic rings. The molecule has 1 saturated heterocycles.